The first-order valence-electron chi connectivity index (χ1n) is 4.98. The predicted octanol–water partition coefficient (Wildman–Crippen LogP) is 2.50. The number of allylic oxidation sites excluding steroid dienone is 1. The molecule has 0 radical (unpaired) electrons. The minimum Gasteiger partial charge on any atom is -0.496 e. The Morgan fingerprint density at radius 3 is 2.75 bits per heavy atom. The summed E-state index contributed by atoms with van der Waals surface area (Å²) in [5, 5.41) is 0. The van der Waals surface area contributed by atoms with Crippen LogP contribution in [-0.2, 0) is 4.79 Å². The zero-order valence-corrected chi connectivity index (χ0v) is 9.40. The number of carbonyl (C=O) groups is 2. The first-order chi connectivity index (χ1) is 7.69. The van der Waals surface area contributed by atoms with Crippen molar-refractivity contribution in [1.29, 1.82) is 0 Å². The minimum absolute atomic E-state index is 0.00712. The van der Waals surface area contributed by atoms with E-state index in [1.54, 1.807) is 37.5 Å². The van der Waals surface area contributed by atoms with Gasteiger partial charge in [0.1, 0.15) is 12.0 Å². The number of methoxy groups -OCH3 is 1. The number of ketones is 1. The molecule has 16 heavy (non-hydrogen) atoms. The SMILES string of the molecule is COc1ccc(C(C)=O)cc1C=CCC=O. The molecular weight excluding hydrogens is 204 g/mol. The van der Waals surface area contributed by atoms with Crippen molar-refractivity contribution >= 4 is 18.1 Å². The second-order valence-electron chi connectivity index (χ2n) is 3.32. The van der Waals surface area contributed by atoms with Crippen LogP contribution in [0.3, 0.4) is 0 Å². The number of ether oxygens (including phenoxy) is 1. The Morgan fingerprint density at radius 2 is 2.19 bits per heavy atom. The number of carbonyl (C=O) groups excluding carboxylic acids is 2. The number of hydrogen-bond acceptors (Lipinski definition) is 3. The van der Waals surface area contributed by atoms with E-state index in [1.807, 2.05) is 0 Å². The van der Waals surface area contributed by atoms with Gasteiger partial charge >= 0.3 is 0 Å². The van der Waals surface area contributed by atoms with E-state index in [2.05, 4.69) is 0 Å². The molecule has 0 fully saturated rings. The summed E-state index contributed by atoms with van der Waals surface area (Å²) in [6.07, 6.45) is 4.68. The van der Waals surface area contributed by atoms with Crippen LogP contribution < -0.4 is 4.74 Å². The van der Waals surface area contributed by atoms with Gasteiger partial charge in [0.2, 0.25) is 0 Å². The van der Waals surface area contributed by atoms with E-state index >= 15 is 0 Å². The van der Waals surface area contributed by atoms with Gasteiger partial charge in [-0.15, -0.1) is 0 Å². The molecule has 3 heteroatoms. The largest absolute Gasteiger partial charge is 0.496 e. The first kappa shape index (κ1) is 12.2. The summed E-state index contributed by atoms with van der Waals surface area (Å²) in [4.78, 5) is 21.4. The molecule has 0 spiro atoms. The average molecular weight is 218 g/mol. The summed E-state index contributed by atoms with van der Waals surface area (Å²) in [6, 6.07) is 5.22. The predicted molar refractivity (Wildman–Crippen MR) is 62.7 cm³/mol. The normalized spacial score (nSPS) is 10.4. The van der Waals surface area contributed by atoms with Crippen molar-refractivity contribution in [1.82, 2.24) is 0 Å². The molecule has 1 rings (SSSR count). The Balaban J connectivity index is 3.06. The van der Waals surface area contributed by atoms with Gasteiger partial charge in [-0.05, 0) is 25.1 Å². The Kier molecular flexibility index (Phi) is 4.45. The maximum Gasteiger partial charge on any atom is 0.159 e. The zero-order valence-electron chi connectivity index (χ0n) is 9.40. The third kappa shape index (κ3) is 3.05. The highest BCUT2D eigenvalue weighted by atomic mass is 16.5. The minimum atomic E-state index is 0.00712. The van der Waals surface area contributed by atoms with Crippen LogP contribution in [-0.4, -0.2) is 19.2 Å². The van der Waals surface area contributed by atoms with E-state index in [1.165, 1.54) is 6.92 Å². The highest BCUT2D eigenvalue weighted by Crippen LogP contribution is 2.21. The summed E-state index contributed by atoms with van der Waals surface area (Å²) in [7, 11) is 1.57. The third-order valence-electron chi connectivity index (χ3n) is 2.17. The van der Waals surface area contributed by atoms with Gasteiger partial charge in [-0.1, -0.05) is 12.2 Å². The fraction of sp³-hybridized carbons (Fsp3) is 0.231. The van der Waals surface area contributed by atoms with Crippen LogP contribution in [0.4, 0.5) is 0 Å². The second-order valence-corrected chi connectivity index (χ2v) is 3.32. The van der Waals surface area contributed by atoms with E-state index in [0.29, 0.717) is 17.7 Å². The van der Waals surface area contributed by atoms with Crippen molar-refractivity contribution in [2.24, 2.45) is 0 Å². The lowest BCUT2D eigenvalue weighted by atomic mass is 10.1. The maximum absolute atomic E-state index is 11.2. The van der Waals surface area contributed by atoms with Gasteiger partial charge in [-0.3, -0.25) is 4.79 Å². The highest BCUT2D eigenvalue weighted by molar-refractivity contribution is 5.95. The molecule has 3 nitrogen and oxygen atoms in total. The lowest BCUT2D eigenvalue weighted by Gasteiger charge is -2.06. The molecule has 84 valence electrons. The molecule has 0 aliphatic carbocycles. The average Bonchev–Trinajstić information content (AvgIpc) is 2.29. The van der Waals surface area contributed by atoms with Crippen molar-refractivity contribution < 1.29 is 14.3 Å². The van der Waals surface area contributed by atoms with E-state index < -0.39 is 0 Å². The Bertz CT molecular complexity index is 419. The fourth-order valence-electron chi connectivity index (χ4n) is 1.33. The molecule has 0 amide bonds. The fourth-order valence-corrected chi connectivity index (χ4v) is 1.33. The number of aldehydes is 1. The summed E-state index contributed by atoms with van der Waals surface area (Å²) >= 11 is 0. The van der Waals surface area contributed by atoms with Gasteiger partial charge in [0.15, 0.2) is 5.78 Å². The smallest absolute Gasteiger partial charge is 0.159 e. The first-order valence-corrected chi connectivity index (χ1v) is 4.98. The van der Waals surface area contributed by atoms with E-state index in [4.69, 9.17) is 4.74 Å². The molecule has 0 heterocycles. The molecule has 1 aromatic carbocycles. The Morgan fingerprint density at radius 1 is 1.44 bits per heavy atom. The Labute approximate surface area is 94.7 Å². The molecule has 0 bridgehead atoms. The lowest BCUT2D eigenvalue weighted by molar-refractivity contribution is -0.107. The number of Topliss-reactive ketones (excluding diaryl/α,β-unsaturated/α-hetero) is 1. The molecule has 0 saturated heterocycles. The Hall–Kier alpha value is -1.90. The van der Waals surface area contributed by atoms with Gasteiger partial charge in [-0.2, -0.15) is 0 Å². The van der Waals surface area contributed by atoms with Gasteiger partial charge in [0, 0.05) is 17.5 Å². The number of hydrogen-bond donors (Lipinski definition) is 0. The topological polar surface area (TPSA) is 43.4 Å². The van der Waals surface area contributed by atoms with Gasteiger partial charge in [0.05, 0.1) is 7.11 Å². The van der Waals surface area contributed by atoms with Gasteiger partial charge < -0.3 is 9.53 Å². The summed E-state index contributed by atoms with van der Waals surface area (Å²) in [5.41, 5.74) is 1.43. The van der Waals surface area contributed by atoms with Crippen LogP contribution in [0.25, 0.3) is 6.08 Å². The molecule has 0 unspecified atom stereocenters. The summed E-state index contributed by atoms with van der Waals surface area (Å²) in [5.74, 6) is 0.694. The monoisotopic (exact) mass is 218 g/mol. The summed E-state index contributed by atoms with van der Waals surface area (Å²) in [6.45, 7) is 1.51. The highest BCUT2D eigenvalue weighted by Gasteiger charge is 2.04. The zero-order chi connectivity index (χ0) is 12.0. The van der Waals surface area contributed by atoms with Crippen LogP contribution >= 0.6 is 0 Å². The van der Waals surface area contributed by atoms with E-state index in [-0.39, 0.29) is 5.78 Å². The molecule has 0 aliphatic heterocycles. The number of rotatable bonds is 5. The molecule has 1 aromatic rings. The standard InChI is InChI=1S/C13H14O3/c1-10(15)11-6-7-13(16-2)12(9-11)5-3-4-8-14/h3,5-9H,4H2,1-2H3. The van der Waals surface area contributed by atoms with Gasteiger partial charge in [-0.25, -0.2) is 0 Å². The molecule has 0 N–H and O–H groups in total. The van der Waals surface area contributed by atoms with E-state index in [9.17, 15) is 9.59 Å². The summed E-state index contributed by atoms with van der Waals surface area (Å²) < 4.78 is 5.16. The number of benzene rings is 1. The van der Waals surface area contributed by atoms with Crippen molar-refractivity contribution in [3.05, 3.63) is 35.4 Å². The van der Waals surface area contributed by atoms with Crippen LogP contribution in [0, 0.1) is 0 Å². The van der Waals surface area contributed by atoms with Crippen molar-refractivity contribution in [2.45, 2.75) is 13.3 Å². The van der Waals surface area contributed by atoms with Crippen LogP contribution in [0.15, 0.2) is 24.3 Å². The molecule has 0 aliphatic rings. The molecule has 0 atom stereocenters. The van der Waals surface area contributed by atoms with E-state index in [0.717, 1.165) is 11.8 Å². The van der Waals surface area contributed by atoms with Gasteiger partial charge in [0.25, 0.3) is 0 Å². The van der Waals surface area contributed by atoms with Crippen LogP contribution in [0.5, 0.6) is 5.75 Å². The second kappa shape index (κ2) is 5.85. The van der Waals surface area contributed by atoms with Crippen LogP contribution in [0.1, 0.15) is 29.3 Å². The van der Waals surface area contributed by atoms with Crippen molar-refractivity contribution in [3.8, 4) is 5.75 Å². The molecular formula is C13H14O3. The third-order valence-corrected chi connectivity index (χ3v) is 2.17. The maximum atomic E-state index is 11.2. The quantitative estimate of drug-likeness (QED) is 0.563. The van der Waals surface area contributed by atoms with Crippen molar-refractivity contribution in [3.63, 3.8) is 0 Å². The molecule has 0 saturated carbocycles. The van der Waals surface area contributed by atoms with Crippen molar-refractivity contribution in [2.75, 3.05) is 7.11 Å². The lowest BCUT2D eigenvalue weighted by Crippen LogP contribution is -1.94. The molecule has 0 aromatic heterocycles. The van der Waals surface area contributed by atoms with Crippen LogP contribution in [0.2, 0.25) is 0 Å².